The lowest BCUT2D eigenvalue weighted by atomic mass is 9.82. The van der Waals surface area contributed by atoms with Crippen LogP contribution in [0.25, 0.3) is 0 Å². The minimum atomic E-state index is -1.08. The standard InChI is InChI=1S/C15H23NO3/c1-2-3-4-5-8-16-14(17)12-10-6-7-11(9-10)13(12)15(18)19/h6-7,10-13H,2-5,8-9H2,1H3,(H,16,17)(H,18,19)/p-1/t10-,11-,12-,13-/m0/s1. The second-order valence-electron chi connectivity index (χ2n) is 5.67. The van der Waals surface area contributed by atoms with Gasteiger partial charge in [-0.2, -0.15) is 0 Å². The van der Waals surface area contributed by atoms with Gasteiger partial charge in [0.2, 0.25) is 5.91 Å². The van der Waals surface area contributed by atoms with Crippen LogP contribution >= 0.6 is 0 Å². The molecule has 0 spiro atoms. The Balaban J connectivity index is 1.84. The molecule has 4 atom stereocenters. The van der Waals surface area contributed by atoms with E-state index in [0.29, 0.717) is 6.54 Å². The minimum Gasteiger partial charge on any atom is -0.550 e. The Morgan fingerprint density at radius 2 is 1.84 bits per heavy atom. The van der Waals surface area contributed by atoms with Gasteiger partial charge in [-0.25, -0.2) is 0 Å². The summed E-state index contributed by atoms with van der Waals surface area (Å²) in [5, 5.41) is 14.1. The summed E-state index contributed by atoms with van der Waals surface area (Å²) >= 11 is 0. The fourth-order valence-corrected chi connectivity index (χ4v) is 3.38. The zero-order chi connectivity index (χ0) is 13.8. The molecule has 2 aliphatic rings. The molecular weight excluding hydrogens is 242 g/mol. The molecule has 2 rings (SSSR count). The lowest BCUT2D eigenvalue weighted by Gasteiger charge is -2.27. The molecule has 2 aliphatic carbocycles. The van der Waals surface area contributed by atoms with Crippen molar-refractivity contribution in [3.63, 3.8) is 0 Å². The zero-order valence-electron chi connectivity index (χ0n) is 11.4. The molecule has 2 bridgehead atoms. The summed E-state index contributed by atoms with van der Waals surface area (Å²) in [4.78, 5) is 23.3. The maximum Gasteiger partial charge on any atom is 0.224 e. The number of hydrogen-bond donors (Lipinski definition) is 1. The molecule has 19 heavy (non-hydrogen) atoms. The summed E-state index contributed by atoms with van der Waals surface area (Å²) in [6, 6.07) is 0. The van der Waals surface area contributed by atoms with Crippen LogP contribution in [0, 0.1) is 23.7 Å². The average molecular weight is 264 g/mol. The van der Waals surface area contributed by atoms with Crippen LogP contribution in [0.4, 0.5) is 0 Å². The summed E-state index contributed by atoms with van der Waals surface area (Å²) in [5.41, 5.74) is 0. The number of nitrogens with one attached hydrogen (secondary N) is 1. The van der Waals surface area contributed by atoms with Crippen molar-refractivity contribution in [3.05, 3.63) is 12.2 Å². The number of carboxylic acid groups (broad SMARTS) is 1. The van der Waals surface area contributed by atoms with Crippen LogP contribution in [0.1, 0.15) is 39.0 Å². The topological polar surface area (TPSA) is 69.2 Å². The largest absolute Gasteiger partial charge is 0.550 e. The third kappa shape index (κ3) is 2.99. The Kier molecular flexibility index (Phi) is 4.61. The molecule has 1 fully saturated rings. The third-order valence-electron chi connectivity index (χ3n) is 4.36. The van der Waals surface area contributed by atoms with Gasteiger partial charge in [0.1, 0.15) is 0 Å². The zero-order valence-corrected chi connectivity index (χ0v) is 11.4. The van der Waals surface area contributed by atoms with E-state index in [9.17, 15) is 14.7 Å². The van der Waals surface area contributed by atoms with Crippen molar-refractivity contribution in [3.8, 4) is 0 Å². The lowest BCUT2D eigenvalue weighted by molar-refractivity contribution is -0.313. The first kappa shape index (κ1) is 14.1. The molecule has 1 saturated carbocycles. The smallest absolute Gasteiger partial charge is 0.224 e. The van der Waals surface area contributed by atoms with Crippen molar-refractivity contribution in [2.45, 2.75) is 39.0 Å². The maximum atomic E-state index is 12.1. The van der Waals surface area contributed by atoms with Crippen LogP contribution in [0.15, 0.2) is 12.2 Å². The molecule has 1 N–H and O–H groups in total. The summed E-state index contributed by atoms with van der Waals surface area (Å²) in [6.45, 7) is 2.79. The lowest BCUT2D eigenvalue weighted by Crippen LogP contribution is -2.45. The number of carboxylic acids is 1. The van der Waals surface area contributed by atoms with Gasteiger partial charge in [0, 0.05) is 18.4 Å². The molecule has 0 heterocycles. The summed E-state index contributed by atoms with van der Waals surface area (Å²) in [6.07, 6.45) is 9.12. The first-order valence-electron chi connectivity index (χ1n) is 7.32. The Bertz CT molecular complexity index is 378. The van der Waals surface area contributed by atoms with E-state index in [-0.39, 0.29) is 17.7 Å². The first-order chi connectivity index (χ1) is 9.15. The van der Waals surface area contributed by atoms with E-state index in [1.165, 1.54) is 6.42 Å². The molecule has 0 aromatic heterocycles. The van der Waals surface area contributed by atoms with Gasteiger partial charge in [0.15, 0.2) is 0 Å². The molecule has 1 amide bonds. The van der Waals surface area contributed by atoms with Crippen molar-refractivity contribution in [1.82, 2.24) is 5.32 Å². The van der Waals surface area contributed by atoms with Gasteiger partial charge in [0.25, 0.3) is 0 Å². The van der Waals surface area contributed by atoms with Crippen LogP contribution in [-0.4, -0.2) is 18.4 Å². The molecule has 0 radical (unpaired) electrons. The molecule has 4 nitrogen and oxygen atoms in total. The number of allylic oxidation sites excluding steroid dienone is 2. The third-order valence-corrected chi connectivity index (χ3v) is 4.36. The summed E-state index contributed by atoms with van der Waals surface area (Å²) < 4.78 is 0. The first-order valence-corrected chi connectivity index (χ1v) is 7.32. The number of hydrogen-bond acceptors (Lipinski definition) is 3. The predicted molar refractivity (Wildman–Crippen MR) is 69.9 cm³/mol. The number of fused-ring (bicyclic) bond motifs is 2. The highest BCUT2D eigenvalue weighted by Crippen LogP contribution is 2.47. The van der Waals surface area contributed by atoms with E-state index < -0.39 is 17.8 Å². The van der Waals surface area contributed by atoms with Gasteiger partial charge >= 0.3 is 0 Å². The Morgan fingerprint density at radius 3 is 2.47 bits per heavy atom. The number of unbranched alkanes of at least 4 members (excludes halogenated alkanes) is 3. The molecule has 0 aromatic rings. The minimum absolute atomic E-state index is 0.00848. The maximum absolute atomic E-state index is 12.1. The second kappa shape index (κ2) is 6.22. The molecule has 0 aromatic carbocycles. The van der Waals surface area contributed by atoms with E-state index >= 15 is 0 Å². The number of rotatable bonds is 7. The summed E-state index contributed by atoms with van der Waals surface area (Å²) in [5.74, 6) is -2.17. The van der Waals surface area contributed by atoms with Crippen molar-refractivity contribution in [2.75, 3.05) is 6.54 Å². The van der Waals surface area contributed by atoms with Gasteiger partial charge in [-0.15, -0.1) is 0 Å². The van der Waals surface area contributed by atoms with Crippen LogP contribution < -0.4 is 10.4 Å². The highest BCUT2D eigenvalue weighted by Gasteiger charge is 2.48. The molecule has 4 heteroatoms. The van der Waals surface area contributed by atoms with Crippen molar-refractivity contribution >= 4 is 11.9 Å². The van der Waals surface area contributed by atoms with Gasteiger partial charge in [-0.05, 0) is 24.7 Å². The Labute approximate surface area is 114 Å². The van der Waals surface area contributed by atoms with Gasteiger partial charge in [-0.3, -0.25) is 4.79 Å². The normalized spacial score (nSPS) is 31.6. The number of aliphatic carboxylic acids is 1. The van der Waals surface area contributed by atoms with Crippen molar-refractivity contribution in [2.24, 2.45) is 23.7 Å². The quantitative estimate of drug-likeness (QED) is 0.548. The fourth-order valence-electron chi connectivity index (χ4n) is 3.38. The Hall–Kier alpha value is -1.32. The van der Waals surface area contributed by atoms with E-state index in [2.05, 4.69) is 12.2 Å². The van der Waals surface area contributed by atoms with Crippen LogP contribution in [0.3, 0.4) is 0 Å². The number of carbonyl (C=O) groups excluding carboxylic acids is 2. The van der Waals surface area contributed by atoms with E-state index in [1.54, 1.807) is 0 Å². The van der Waals surface area contributed by atoms with Gasteiger partial charge < -0.3 is 15.2 Å². The molecule has 106 valence electrons. The van der Waals surface area contributed by atoms with Gasteiger partial charge in [0.05, 0.1) is 5.92 Å². The van der Waals surface area contributed by atoms with E-state index in [1.807, 2.05) is 12.2 Å². The molecule has 0 unspecified atom stereocenters. The van der Waals surface area contributed by atoms with Crippen LogP contribution in [0.2, 0.25) is 0 Å². The van der Waals surface area contributed by atoms with Crippen molar-refractivity contribution < 1.29 is 14.7 Å². The highest BCUT2D eigenvalue weighted by molar-refractivity contribution is 5.86. The SMILES string of the molecule is CCCCCCNC(=O)[C@@H]1[C@@H](C(=O)[O-])[C@H]2C=C[C@H]1C2. The molecular formula is C15H22NO3-. The molecule has 0 saturated heterocycles. The fraction of sp³-hybridized carbons (Fsp3) is 0.733. The average Bonchev–Trinajstić information content (AvgIpc) is 2.98. The molecule has 0 aliphatic heterocycles. The Morgan fingerprint density at radius 1 is 1.16 bits per heavy atom. The summed E-state index contributed by atoms with van der Waals surface area (Å²) in [7, 11) is 0. The van der Waals surface area contributed by atoms with Crippen LogP contribution in [-0.2, 0) is 9.59 Å². The number of amides is 1. The van der Waals surface area contributed by atoms with Gasteiger partial charge in [-0.1, -0.05) is 38.3 Å². The number of carbonyl (C=O) groups is 2. The van der Waals surface area contributed by atoms with Crippen LogP contribution in [0.5, 0.6) is 0 Å². The monoisotopic (exact) mass is 264 g/mol. The second-order valence-corrected chi connectivity index (χ2v) is 5.67. The predicted octanol–water partition coefficient (Wildman–Crippen LogP) is 0.871. The van der Waals surface area contributed by atoms with Crippen molar-refractivity contribution in [1.29, 1.82) is 0 Å². The van der Waals surface area contributed by atoms with E-state index in [4.69, 9.17) is 0 Å². The van der Waals surface area contributed by atoms with E-state index in [0.717, 1.165) is 25.7 Å². The highest BCUT2D eigenvalue weighted by atomic mass is 16.4.